The Hall–Kier alpha value is -2.78. The van der Waals surface area contributed by atoms with E-state index in [4.69, 9.17) is 14.9 Å². The summed E-state index contributed by atoms with van der Waals surface area (Å²) in [6.07, 6.45) is -0.125. The van der Waals surface area contributed by atoms with E-state index in [0.29, 0.717) is 0 Å². The predicted molar refractivity (Wildman–Crippen MR) is 131 cm³/mol. The minimum atomic E-state index is -2.75. The van der Waals surface area contributed by atoms with Crippen molar-refractivity contribution in [3.63, 3.8) is 0 Å². The van der Waals surface area contributed by atoms with Crippen molar-refractivity contribution in [2.75, 3.05) is 12.3 Å². The second-order valence-corrected chi connectivity index (χ2v) is 13.8. The van der Waals surface area contributed by atoms with Gasteiger partial charge in [0.15, 0.2) is 0 Å². The molecule has 0 spiro atoms. The van der Waals surface area contributed by atoms with Gasteiger partial charge in [0.2, 0.25) is 0 Å². The van der Waals surface area contributed by atoms with Gasteiger partial charge in [0, 0.05) is 12.6 Å². The Morgan fingerprint density at radius 1 is 1.09 bits per heavy atom. The van der Waals surface area contributed by atoms with E-state index in [2.05, 4.69) is 50.0 Å². The standard InChI is InChI=1S/C25H31N3O4Si/c1-25(2,3)33(18-10-6-4-7-11-18,19-12-8-5-9-13-19)31-17-21-20(29)16-23(32-21)28-15-14-22(26)27-24(28)30/h4-15,20-21,23,29H,16-17H2,1-3H3,(H2,26,27,30)/t20-,21-,23-/m1/s1. The van der Waals surface area contributed by atoms with Gasteiger partial charge in [-0.2, -0.15) is 4.98 Å². The van der Waals surface area contributed by atoms with Crippen LogP contribution in [-0.2, 0) is 9.16 Å². The zero-order valence-corrected chi connectivity index (χ0v) is 20.2. The van der Waals surface area contributed by atoms with Crippen LogP contribution in [0.5, 0.6) is 0 Å². The largest absolute Gasteiger partial charge is 0.405 e. The van der Waals surface area contributed by atoms with Crippen molar-refractivity contribution in [3.05, 3.63) is 83.4 Å². The Bertz CT molecular complexity index is 1090. The normalized spacial score (nSPS) is 21.3. The average molecular weight is 466 g/mol. The first-order valence-corrected chi connectivity index (χ1v) is 13.1. The summed E-state index contributed by atoms with van der Waals surface area (Å²) < 4.78 is 14.3. The summed E-state index contributed by atoms with van der Waals surface area (Å²) in [5, 5.41) is 12.9. The van der Waals surface area contributed by atoms with E-state index >= 15 is 0 Å². The number of aromatic nitrogens is 2. The number of nitrogens with two attached hydrogens (primary N) is 1. The van der Waals surface area contributed by atoms with Gasteiger partial charge in [-0.25, -0.2) is 4.79 Å². The summed E-state index contributed by atoms with van der Waals surface area (Å²) >= 11 is 0. The molecule has 0 radical (unpaired) electrons. The highest BCUT2D eigenvalue weighted by Crippen LogP contribution is 2.38. The van der Waals surface area contributed by atoms with Crippen molar-refractivity contribution in [1.29, 1.82) is 0 Å². The highest BCUT2D eigenvalue weighted by Gasteiger charge is 2.51. The van der Waals surface area contributed by atoms with Gasteiger partial charge in [-0.15, -0.1) is 0 Å². The monoisotopic (exact) mass is 465 g/mol. The first-order chi connectivity index (χ1) is 15.7. The third-order valence-electron chi connectivity index (χ3n) is 6.25. The molecule has 3 N–H and O–H groups in total. The number of nitrogens with zero attached hydrogens (tertiary/aromatic N) is 2. The molecule has 33 heavy (non-hydrogen) atoms. The van der Waals surface area contributed by atoms with Crippen molar-refractivity contribution in [1.82, 2.24) is 9.55 Å². The molecule has 3 atom stereocenters. The van der Waals surface area contributed by atoms with Crippen LogP contribution in [0.15, 0.2) is 77.7 Å². The number of aliphatic hydroxyl groups excluding tert-OH is 1. The maximum Gasteiger partial charge on any atom is 0.351 e. The zero-order chi connectivity index (χ0) is 23.6. The highest BCUT2D eigenvalue weighted by molar-refractivity contribution is 6.99. The number of rotatable bonds is 6. The van der Waals surface area contributed by atoms with Crippen molar-refractivity contribution in [2.45, 2.75) is 50.7 Å². The minimum Gasteiger partial charge on any atom is -0.405 e. The van der Waals surface area contributed by atoms with Crippen LogP contribution in [0.2, 0.25) is 5.04 Å². The summed E-state index contributed by atoms with van der Waals surface area (Å²) in [5.41, 5.74) is 5.10. The molecule has 1 saturated heterocycles. The van der Waals surface area contributed by atoms with E-state index in [0.717, 1.165) is 10.4 Å². The fraction of sp³-hybridized carbons (Fsp3) is 0.360. The summed E-state index contributed by atoms with van der Waals surface area (Å²) in [6.45, 7) is 6.82. The Morgan fingerprint density at radius 3 is 2.18 bits per heavy atom. The molecule has 0 amide bonds. The van der Waals surface area contributed by atoms with Gasteiger partial charge in [-0.05, 0) is 21.5 Å². The van der Waals surface area contributed by atoms with E-state index in [1.807, 2.05) is 36.4 Å². The molecule has 4 rings (SSSR count). The van der Waals surface area contributed by atoms with E-state index in [1.165, 1.54) is 4.57 Å². The quantitative estimate of drug-likeness (QED) is 0.541. The molecule has 3 aromatic rings. The molecule has 1 aliphatic heterocycles. The van der Waals surface area contributed by atoms with Crippen LogP contribution in [0, 0.1) is 0 Å². The summed E-state index contributed by atoms with van der Waals surface area (Å²) in [4.78, 5) is 16.0. The van der Waals surface area contributed by atoms with Gasteiger partial charge >= 0.3 is 5.69 Å². The lowest BCUT2D eigenvalue weighted by Gasteiger charge is -2.43. The molecule has 2 heterocycles. The first kappa shape index (κ1) is 23.4. The smallest absolute Gasteiger partial charge is 0.351 e. The van der Waals surface area contributed by atoms with Crippen molar-refractivity contribution >= 4 is 24.5 Å². The van der Waals surface area contributed by atoms with Crippen molar-refractivity contribution in [3.8, 4) is 0 Å². The van der Waals surface area contributed by atoms with E-state index < -0.39 is 32.4 Å². The van der Waals surface area contributed by atoms with Gasteiger partial charge in [-0.1, -0.05) is 81.4 Å². The third kappa shape index (κ3) is 4.52. The van der Waals surface area contributed by atoms with Crippen molar-refractivity contribution < 1.29 is 14.3 Å². The molecular formula is C25H31N3O4Si. The lowest BCUT2D eigenvalue weighted by Crippen LogP contribution is -2.67. The summed E-state index contributed by atoms with van der Waals surface area (Å²) in [7, 11) is -2.75. The van der Waals surface area contributed by atoms with Crippen LogP contribution >= 0.6 is 0 Å². The highest BCUT2D eigenvalue weighted by atomic mass is 28.4. The van der Waals surface area contributed by atoms with E-state index in [1.54, 1.807) is 12.3 Å². The number of aliphatic hydroxyl groups is 1. The maximum atomic E-state index is 12.2. The fourth-order valence-electron chi connectivity index (χ4n) is 4.65. The predicted octanol–water partition coefficient (Wildman–Crippen LogP) is 2.05. The number of anilines is 1. The molecule has 1 aliphatic rings. The van der Waals surface area contributed by atoms with Gasteiger partial charge in [0.05, 0.1) is 12.7 Å². The number of benzene rings is 2. The van der Waals surface area contributed by atoms with Gasteiger partial charge in [-0.3, -0.25) is 4.57 Å². The first-order valence-electron chi connectivity index (χ1n) is 11.2. The minimum absolute atomic E-state index is 0.154. The topological polar surface area (TPSA) is 99.6 Å². The molecule has 0 aliphatic carbocycles. The van der Waals surface area contributed by atoms with Crippen LogP contribution in [0.4, 0.5) is 5.82 Å². The lowest BCUT2D eigenvalue weighted by molar-refractivity contribution is -0.0426. The van der Waals surface area contributed by atoms with Gasteiger partial charge < -0.3 is 20.0 Å². The molecular weight excluding hydrogens is 434 g/mol. The lowest BCUT2D eigenvalue weighted by atomic mass is 10.2. The van der Waals surface area contributed by atoms with Crippen LogP contribution in [0.1, 0.15) is 33.4 Å². The average Bonchev–Trinajstić information content (AvgIpc) is 3.15. The molecule has 1 aromatic heterocycles. The molecule has 2 aromatic carbocycles. The van der Waals surface area contributed by atoms with Gasteiger partial charge in [0.25, 0.3) is 8.32 Å². The molecule has 0 unspecified atom stereocenters. The van der Waals surface area contributed by atoms with Crippen LogP contribution in [0.25, 0.3) is 0 Å². The number of nitrogen functional groups attached to an aromatic ring is 1. The number of hydrogen-bond donors (Lipinski definition) is 2. The molecule has 0 saturated carbocycles. The second-order valence-electron chi connectivity index (χ2n) is 9.45. The van der Waals surface area contributed by atoms with Gasteiger partial charge in [0.1, 0.15) is 18.1 Å². The second kappa shape index (κ2) is 9.22. The maximum absolute atomic E-state index is 12.2. The Kier molecular flexibility index (Phi) is 6.53. The molecule has 1 fully saturated rings. The number of hydrogen-bond acceptors (Lipinski definition) is 6. The van der Waals surface area contributed by atoms with Crippen LogP contribution in [-0.4, -0.2) is 41.8 Å². The van der Waals surface area contributed by atoms with Crippen molar-refractivity contribution in [2.24, 2.45) is 0 Å². The third-order valence-corrected chi connectivity index (χ3v) is 11.3. The fourth-order valence-corrected chi connectivity index (χ4v) is 9.22. The molecule has 174 valence electrons. The Morgan fingerprint density at radius 2 is 1.67 bits per heavy atom. The Labute approximate surface area is 195 Å². The van der Waals surface area contributed by atoms with Crippen LogP contribution < -0.4 is 21.8 Å². The molecule has 8 heteroatoms. The zero-order valence-electron chi connectivity index (χ0n) is 19.2. The number of ether oxygens (including phenoxy) is 1. The SMILES string of the molecule is CC(C)(C)[Si](OC[C@H]1O[C@@H](n2ccc(N)nc2=O)C[C@H]1O)(c1ccccc1)c1ccccc1. The van der Waals surface area contributed by atoms with E-state index in [-0.39, 0.29) is 23.9 Å². The summed E-state index contributed by atoms with van der Waals surface area (Å²) in [5.74, 6) is 0.154. The molecule has 7 nitrogen and oxygen atoms in total. The Balaban J connectivity index is 1.65. The molecule has 0 bridgehead atoms. The van der Waals surface area contributed by atoms with Crippen LogP contribution in [0.3, 0.4) is 0 Å². The van der Waals surface area contributed by atoms with E-state index in [9.17, 15) is 9.90 Å². The summed E-state index contributed by atoms with van der Waals surface area (Å²) in [6, 6.07) is 22.2.